The van der Waals surface area contributed by atoms with E-state index >= 15 is 0 Å². The van der Waals surface area contributed by atoms with E-state index in [0.29, 0.717) is 12.2 Å². The molecule has 0 aliphatic rings. The van der Waals surface area contributed by atoms with Gasteiger partial charge < -0.3 is 9.72 Å². The molecule has 0 bridgehead atoms. The Balaban J connectivity index is 1.64. The number of nitrogens with one attached hydrogen (secondary N) is 1. The van der Waals surface area contributed by atoms with Crippen molar-refractivity contribution in [3.05, 3.63) is 70.9 Å². The smallest absolute Gasteiger partial charge is 0.205 e. The Morgan fingerprint density at radius 3 is 2.48 bits per heavy atom. The second-order valence-corrected chi connectivity index (χ2v) is 7.85. The molecule has 0 saturated heterocycles. The van der Waals surface area contributed by atoms with Crippen molar-refractivity contribution in [2.45, 2.75) is 52.4 Å². The summed E-state index contributed by atoms with van der Waals surface area (Å²) in [6.45, 7) is 4.79. The number of hydrogen-bond donors (Lipinski definition) is 1. The van der Waals surface area contributed by atoms with Gasteiger partial charge in [0.05, 0.1) is 12.2 Å². The second kappa shape index (κ2) is 11.2. The Bertz CT molecular complexity index is 1080. The molecule has 0 radical (unpaired) electrons. The molecule has 0 unspecified atom stereocenters. The van der Waals surface area contributed by atoms with E-state index in [-0.39, 0.29) is 11.4 Å². The standard InChI is InChI=1S/C27H30N2O2/c1-3-4-5-6-7-10-17-31-23-15-13-21(14-16-23)18-22(19-28)27(30)26-20(2)29-25-12-9-8-11-24(25)26/h8-9,11-16,18,29H,3-7,10,17H2,1-2H3. The van der Waals surface area contributed by atoms with Gasteiger partial charge in [-0.2, -0.15) is 5.26 Å². The number of carbonyl (C=O) groups excluding carboxylic acids is 1. The van der Waals surface area contributed by atoms with E-state index in [2.05, 4.69) is 18.0 Å². The van der Waals surface area contributed by atoms with Crippen LogP contribution in [0.2, 0.25) is 0 Å². The Hall–Kier alpha value is -3.32. The number of rotatable bonds is 11. The molecule has 2 aromatic carbocycles. The summed E-state index contributed by atoms with van der Waals surface area (Å²) < 4.78 is 5.81. The quantitative estimate of drug-likeness (QED) is 0.159. The number of hydrogen-bond acceptors (Lipinski definition) is 3. The highest BCUT2D eigenvalue weighted by atomic mass is 16.5. The van der Waals surface area contributed by atoms with Crippen LogP contribution in [0.25, 0.3) is 17.0 Å². The number of allylic oxidation sites excluding steroid dienone is 1. The van der Waals surface area contributed by atoms with E-state index in [0.717, 1.165) is 34.3 Å². The van der Waals surface area contributed by atoms with Crippen LogP contribution >= 0.6 is 0 Å². The first-order valence-corrected chi connectivity index (χ1v) is 11.1. The number of Topliss-reactive ketones (excluding diaryl/α,β-unsaturated/α-hetero) is 1. The predicted octanol–water partition coefficient (Wildman–Crippen LogP) is 7.01. The Labute approximate surface area is 184 Å². The lowest BCUT2D eigenvalue weighted by atomic mass is 9.99. The normalized spacial score (nSPS) is 11.5. The molecule has 1 heterocycles. The van der Waals surface area contributed by atoms with E-state index < -0.39 is 0 Å². The highest BCUT2D eigenvalue weighted by Gasteiger charge is 2.19. The van der Waals surface area contributed by atoms with Gasteiger partial charge in [0.1, 0.15) is 17.4 Å². The first-order chi connectivity index (χ1) is 15.1. The fraction of sp³-hybridized carbons (Fsp3) is 0.333. The van der Waals surface area contributed by atoms with Crippen LogP contribution in [0.4, 0.5) is 0 Å². The van der Waals surface area contributed by atoms with Crippen molar-refractivity contribution < 1.29 is 9.53 Å². The molecule has 0 saturated carbocycles. The second-order valence-electron chi connectivity index (χ2n) is 7.85. The lowest BCUT2D eigenvalue weighted by molar-refractivity contribution is 0.104. The van der Waals surface area contributed by atoms with Crippen LogP contribution in [-0.4, -0.2) is 17.4 Å². The maximum Gasteiger partial charge on any atom is 0.205 e. The van der Waals surface area contributed by atoms with Crippen LogP contribution in [0.5, 0.6) is 5.75 Å². The SMILES string of the molecule is CCCCCCCCOc1ccc(C=C(C#N)C(=O)c2c(C)[nH]c3ccccc23)cc1. The van der Waals surface area contributed by atoms with E-state index in [1.54, 1.807) is 6.08 Å². The molecule has 0 fully saturated rings. The number of ketones is 1. The van der Waals surface area contributed by atoms with Crippen molar-refractivity contribution in [3.8, 4) is 11.8 Å². The highest BCUT2D eigenvalue weighted by Crippen LogP contribution is 2.25. The first-order valence-electron chi connectivity index (χ1n) is 11.1. The highest BCUT2D eigenvalue weighted by molar-refractivity contribution is 6.20. The summed E-state index contributed by atoms with van der Waals surface area (Å²) in [6.07, 6.45) is 9.03. The minimum atomic E-state index is -0.263. The summed E-state index contributed by atoms with van der Waals surface area (Å²) >= 11 is 0. The van der Waals surface area contributed by atoms with Gasteiger partial charge >= 0.3 is 0 Å². The number of nitriles is 1. The number of benzene rings is 2. The van der Waals surface area contributed by atoms with E-state index in [1.807, 2.05) is 55.5 Å². The van der Waals surface area contributed by atoms with Crippen LogP contribution in [0.3, 0.4) is 0 Å². The molecular weight excluding hydrogens is 384 g/mol. The van der Waals surface area contributed by atoms with Gasteiger partial charge in [0.15, 0.2) is 0 Å². The van der Waals surface area contributed by atoms with Crippen LogP contribution in [-0.2, 0) is 0 Å². The van der Waals surface area contributed by atoms with Gasteiger partial charge in [-0.25, -0.2) is 0 Å². The fourth-order valence-electron chi connectivity index (χ4n) is 3.75. The molecule has 3 aromatic rings. The molecular formula is C27H30N2O2. The van der Waals surface area contributed by atoms with Gasteiger partial charge in [0.25, 0.3) is 0 Å². The van der Waals surface area contributed by atoms with Crippen molar-refractivity contribution in [2.75, 3.05) is 6.61 Å². The summed E-state index contributed by atoms with van der Waals surface area (Å²) in [5.41, 5.74) is 3.14. The van der Waals surface area contributed by atoms with Crippen LogP contribution < -0.4 is 4.74 Å². The molecule has 3 rings (SSSR count). The zero-order valence-electron chi connectivity index (χ0n) is 18.4. The van der Waals surface area contributed by atoms with Gasteiger partial charge in [-0.3, -0.25) is 4.79 Å². The fourth-order valence-corrected chi connectivity index (χ4v) is 3.75. The van der Waals surface area contributed by atoms with Crippen LogP contribution in [0.15, 0.2) is 54.1 Å². The molecule has 0 aliphatic carbocycles. The number of aromatic amines is 1. The predicted molar refractivity (Wildman–Crippen MR) is 126 cm³/mol. The molecule has 0 amide bonds. The molecule has 1 aromatic heterocycles. The lowest BCUT2D eigenvalue weighted by Gasteiger charge is -2.06. The minimum Gasteiger partial charge on any atom is -0.494 e. The summed E-state index contributed by atoms with van der Waals surface area (Å²) in [7, 11) is 0. The topological polar surface area (TPSA) is 65.9 Å². The number of fused-ring (bicyclic) bond motifs is 1. The van der Waals surface area contributed by atoms with Gasteiger partial charge in [-0.15, -0.1) is 0 Å². The van der Waals surface area contributed by atoms with E-state index in [9.17, 15) is 10.1 Å². The third kappa shape index (κ3) is 5.86. The summed E-state index contributed by atoms with van der Waals surface area (Å²) in [6, 6.07) is 17.3. The summed E-state index contributed by atoms with van der Waals surface area (Å²) in [4.78, 5) is 16.3. The zero-order valence-corrected chi connectivity index (χ0v) is 18.4. The third-order valence-electron chi connectivity index (χ3n) is 5.44. The van der Waals surface area contributed by atoms with Crippen molar-refractivity contribution >= 4 is 22.8 Å². The number of aryl methyl sites for hydroxylation is 1. The Morgan fingerprint density at radius 1 is 1.03 bits per heavy atom. The van der Waals surface area contributed by atoms with Gasteiger partial charge in [-0.05, 0) is 43.2 Å². The van der Waals surface area contributed by atoms with Gasteiger partial charge in [-0.1, -0.05) is 69.4 Å². The number of aromatic nitrogens is 1. The minimum absolute atomic E-state index is 0.119. The molecule has 4 nitrogen and oxygen atoms in total. The molecule has 4 heteroatoms. The number of unbranched alkanes of at least 4 members (excludes halogenated alkanes) is 5. The molecule has 160 valence electrons. The maximum absolute atomic E-state index is 13.1. The maximum atomic E-state index is 13.1. The zero-order chi connectivity index (χ0) is 22.1. The van der Waals surface area contributed by atoms with Gasteiger partial charge in [0, 0.05) is 16.6 Å². The number of ether oxygens (including phenoxy) is 1. The molecule has 31 heavy (non-hydrogen) atoms. The molecule has 1 N–H and O–H groups in total. The number of H-pyrrole nitrogens is 1. The Morgan fingerprint density at radius 2 is 1.74 bits per heavy atom. The van der Waals surface area contributed by atoms with Crippen molar-refractivity contribution in [3.63, 3.8) is 0 Å². The number of nitrogens with zero attached hydrogens (tertiary/aromatic N) is 1. The summed E-state index contributed by atoms with van der Waals surface area (Å²) in [5.74, 6) is 0.545. The van der Waals surface area contributed by atoms with E-state index in [4.69, 9.17) is 4.74 Å². The van der Waals surface area contributed by atoms with Crippen molar-refractivity contribution in [1.82, 2.24) is 4.98 Å². The first kappa shape index (κ1) is 22.4. The van der Waals surface area contributed by atoms with E-state index in [1.165, 1.54) is 32.1 Å². The average molecular weight is 415 g/mol. The van der Waals surface area contributed by atoms with Gasteiger partial charge in [0.2, 0.25) is 5.78 Å². The molecule has 0 aliphatic heterocycles. The molecule has 0 spiro atoms. The molecule has 0 atom stereocenters. The summed E-state index contributed by atoms with van der Waals surface area (Å²) in [5, 5.41) is 10.5. The lowest BCUT2D eigenvalue weighted by Crippen LogP contribution is -2.03. The van der Waals surface area contributed by atoms with Crippen molar-refractivity contribution in [1.29, 1.82) is 5.26 Å². The third-order valence-corrected chi connectivity index (χ3v) is 5.44. The largest absolute Gasteiger partial charge is 0.494 e. The number of para-hydroxylation sites is 1. The monoisotopic (exact) mass is 414 g/mol. The van der Waals surface area contributed by atoms with Crippen molar-refractivity contribution in [2.24, 2.45) is 0 Å². The average Bonchev–Trinajstić information content (AvgIpc) is 3.13. The Kier molecular flexibility index (Phi) is 8.06. The van der Waals surface area contributed by atoms with Crippen LogP contribution in [0, 0.1) is 18.3 Å². The number of carbonyl (C=O) groups is 1. The van der Waals surface area contributed by atoms with Crippen LogP contribution in [0.1, 0.15) is 67.1 Å².